The fourth-order valence-electron chi connectivity index (χ4n) is 2.29. The number of nitro benzene ring substituents is 1. The number of rotatable bonds is 4. The first-order valence-corrected chi connectivity index (χ1v) is 6.25. The van der Waals surface area contributed by atoms with Crippen LogP contribution in [0.15, 0.2) is 18.2 Å². The van der Waals surface area contributed by atoms with Crippen molar-refractivity contribution in [1.29, 1.82) is 0 Å². The molecule has 0 aromatic heterocycles. The van der Waals surface area contributed by atoms with Gasteiger partial charge in [-0.05, 0) is 26.3 Å². The number of carboxylic acid groups (broad SMARTS) is 1. The fraction of sp³-hybridized carbons (Fsp3) is 0.462. The van der Waals surface area contributed by atoms with Crippen LogP contribution in [0.3, 0.4) is 0 Å². The first-order valence-electron chi connectivity index (χ1n) is 6.25. The molecule has 0 aliphatic carbocycles. The van der Waals surface area contributed by atoms with Gasteiger partial charge in [-0.15, -0.1) is 0 Å². The van der Waals surface area contributed by atoms with Crippen LogP contribution in [-0.2, 0) is 4.74 Å². The maximum absolute atomic E-state index is 11.3. The molecule has 1 aliphatic heterocycles. The smallest absolute Gasteiger partial charge is 0.338 e. The van der Waals surface area contributed by atoms with E-state index in [0.717, 1.165) is 0 Å². The molecule has 1 aliphatic rings. The highest BCUT2D eigenvalue weighted by atomic mass is 16.6. The molecule has 1 aromatic carbocycles. The lowest BCUT2D eigenvalue weighted by Crippen LogP contribution is -2.41. The van der Waals surface area contributed by atoms with Gasteiger partial charge in [0.25, 0.3) is 5.69 Å². The number of hydrogen-bond donors (Lipinski definition) is 2. The Bertz CT molecular complexity index is 527. The molecule has 1 fully saturated rings. The summed E-state index contributed by atoms with van der Waals surface area (Å²) in [5, 5.41) is 23.3. The zero-order valence-corrected chi connectivity index (χ0v) is 11.3. The molecular formula is C13H16N2O5. The van der Waals surface area contributed by atoms with E-state index in [4.69, 9.17) is 4.74 Å². The van der Waals surface area contributed by atoms with Crippen LogP contribution in [0, 0.1) is 10.1 Å². The zero-order valence-electron chi connectivity index (χ0n) is 11.3. The summed E-state index contributed by atoms with van der Waals surface area (Å²) in [6.45, 7) is 4.26. The summed E-state index contributed by atoms with van der Waals surface area (Å²) in [6, 6.07) is 4.00. The Morgan fingerprint density at radius 1 is 1.60 bits per heavy atom. The van der Waals surface area contributed by atoms with Gasteiger partial charge in [-0.2, -0.15) is 0 Å². The highest BCUT2D eigenvalue weighted by Gasteiger charge is 2.39. The largest absolute Gasteiger partial charge is 0.478 e. The van der Waals surface area contributed by atoms with Crippen molar-refractivity contribution in [2.75, 3.05) is 11.9 Å². The first-order chi connectivity index (χ1) is 9.35. The quantitative estimate of drug-likeness (QED) is 0.648. The van der Waals surface area contributed by atoms with Gasteiger partial charge in [0.2, 0.25) is 0 Å². The Morgan fingerprint density at radius 3 is 2.80 bits per heavy atom. The molecule has 2 N–H and O–H groups in total. The van der Waals surface area contributed by atoms with Gasteiger partial charge in [0, 0.05) is 12.7 Å². The Kier molecular flexibility index (Phi) is 3.63. The maximum Gasteiger partial charge on any atom is 0.338 e. The van der Waals surface area contributed by atoms with E-state index in [1.807, 2.05) is 13.8 Å². The molecule has 0 bridgehead atoms. The summed E-state index contributed by atoms with van der Waals surface area (Å²) in [5.74, 6) is -1.20. The van der Waals surface area contributed by atoms with Crippen molar-refractivity contribution in [2.24, 2.45) is 0 Å². The number of aromatic carboxylic acids is 1. The van der Waals surface area contributed by atoms with Crippen LogP contribution in [0.4, 0.5) is 11.4 Å². The second-order valence-electron chi connectivity index (χ2n) is 5.07. The van der Waals surface area contributed by atoms with E-state index in [9.17, 15) is 20.0 Å². The average Bonchev–Trinajstić information content (AvgIpc) is 2.69. The zero-order chi connectivity index (χ0) is 14.9. The minimum atomic E-state index is -1.20. The maximum atomic E-state index is 11.3. The third kappa shape index (κ3) is 2.44. The van der Waals surface area contributed by atoms with Gasteiger partial charge in [-0.25, -0.2) is 4.79 Å². The van der Waals surface area contributed by atoms with E-state index in [2.05, 4.69) is 5.32 Å². The third-order valence-corrected chi connectivity index (χ3v) is 3.77. The molecular weight excluding hydrogens is 264 g/mol. The van der Waals surface area contributed by atoms with Crippen LogP contribution in [-0.4, -0.2) is 34.2 Å². The highest BCUT2D eigenvalue weighted by molar-refractivity contribution is 5.97. The number of nitro groups is 1. The predicted octanol–water partition coefficient (Wildman–Crippen LogP) is 2.27. The van der Waals surface area contributed by atoms with Crippen molar-refractivity contribution in [2.45, 2.75) is 31.9 Å². The highest BCUT2D eigenvalue weighted by Crippen LogP contribution is 2.35. The number of carboxylic acids is 1. The minimum absolute atomic E-state index is 0.0323. The summed E-state index contributed by atoms with van der Waals surface area (Å²) in [6.07, 6.45) is 0.489. The number of nitrogens with one attached hydrogen (secondary N) is 1. The van der Waals surface area contributed by atoms with E-state index in [1.54, 1.807) is 0 Å². The summed E-state index contributed by atoms with van der Waals surface area (Å²) >= 11 is 0. The van der Waals surface area contributed by atoms with Gasteiger partial charge >= 0.3 is 5.97 Å². The van der Waals surface area contributed by atoms with Gasteiger partial charge in [-0.3, -0.25) is 10.1 Å². The molecule has 0 amide bonds. The van der Waals surface area contributed by atoms with E-state index in [-0.39, 0.29) is 23.0 Å². The van der Waals surface area contributed by atoms with E-state index in [1.165, 1.54) is 18.2 Å². The second-order valence-corrected chi connectivity index (χ2v) is 5.07. The van der Waals surface area contributed by atoms with Gasteiger partial charge in [-0.1, -0.05) is 6.07 Å². The van der Waals surface area contributed by atoms with Gasteiger partial charge in [0.1, 0.15) is 5.69 Å². The molecule has 2 unspecified atom stereocenters. The average molecular weight is 280 g/mol. The van der Waals surface area contributed by atoms with Crippen LogP contribution in [0.25, 0.3) is 0 Å². The number of anilines is 1. The van der Waals surface area contributed by atoms with Crippen molar-refractivity contribution >= 4 is 17.3 Å². The molecule has 7 nitrogen and oxygen atoms in total. The van der Waals surface area contributed by atoms with Crippen LogP contribution in [0.1, 0.15) is 30.6 Å². The number of nitrogens with zero attached hydrogens (tertiary/aromatic N) is 1. The molecule has 0 saturated carbocycles. The number of para-hydroxylation sites is 1. The molecule has 2 rings (SSSR count). The molecule has 2 atom stereocenters. The first kappa shape index (κ1) is 14.3. The van der Waals surface area contributed by atoms with Crippen LogP contribution in [0.2, 0.25) is 0 Å². The minimum Gasteiger partial charge on any atom is -0.478 e. The lowest BCUT2D eigenvalue weighted by Gasteiger charge is -2.30. The summed E-state index contributed by atoms with van der Waals surface area (Å²) in [4.78, 5) is 21.8. The van der Waals surface area contributed by atoms with Crippen molar-refractivity contribution < 1.29 is 19.6 Å². The Labute approximate surface area is 115 Å². The Balaban J connectivity index is 2.48. The van der Waals surface area contributed by atoms with E-state index < -0.39 is 16.4 Å². The lowest BCUT2D eigenvalue weighted by molar-refractivity contribution is -0.384. The molecule has 1 heterocycles. The predicted molar refractivity (Wildman–Crippen MR) is 72.1 cm³/mol. The standard InChI is InChI=1S/C13H16N2O5/c1-8-13(2,6-7-20-8)14-11-9(12(16)17)4-3-5-10(11)15(18)19/h3-5,8,14H,6-7H2,1-2H3,(H,16,17). The van der Waals surface area contributed by atoms with Crippen LogP contribution < -0.4 is 5.32 Å². The van der Waals surface area contributed by atoms with Crippen molar-refractivity contribution in [3.63, 3.8) is 0 Å². The normalized spacial score (nSPS) is 25.4. The number of carbonyl (C=O) groups is 1. The molecule has 1 aromatic rings. The molecule has 1 saturated heterocycles. The van der Waals surface area contributed by atoms with E-state index >= 15 is 0 Å². The molecule has 108 valence electrons. The van der Waals surface area contributed by atoms with Crippen molar-refractivity contribution in [3.8, 4) is 0 Å². The van der Waals surface area contributed by atoms with Crippen molar-refractivity contribution in [3.05, 3.63) is 33.9 Å². The van der Waals surface area contributed by atoms with Gasteiger partial charge in [0.15, 0.2) is 0 Å². The third-order valence-electron chi connectivity index (χ3n) is 3.77. The summed E-state index contributed by atoms with van der Waals surface area (Å²) < 4.78 is 5.46. The van der Waals surface area contributed by atoms with Crippen LogP contribution >= 0.6 is 0 Å². The number of hydrogen-bond acceptors (Lipinski definition) is 5. The SMILES string of the molecule is CC1OCCC1(C)Nc1c(C(=O)O)cccc1[N+](=O)[O-]. The summed E-state index contributed by atoms with van der Waals surface area (Å²) in [5.41, 5.74) is -0.856. The van der Waals surface area contributed by atoms with E-state index in [0.29, 0.717) is 13.0 Å². The van der Waals surface area contributed by atoms with Crippen LogP contribution in [0.5, 0.6) is 0 Å². The topological polar surface area (TPSA) is 102 Å². The summed E-state index contributed by atoms with van der Waals surface area (Å²) in [7, 11) is 0. The van der Waals surface area contributed by atoms with Gasteiger partial charge in [0.05, 0.1) is 22.1 Å². The second kappa shape index (κ2) is 5.09. The fourth-order valence-corrected chi connectivity index (χ4v) is 2.29. The molecule has 0 radical (unpaired) electrons. The molecule has 7 heteroatoms. The lowest BCUT2D eigenvalue weighted by atomic mass is 9.93. The number of ether oxygens (including phenoxy) is 1. The van der Waals surface area contributed by atoms with Gasteiger partial charge < -0.3 is 15.2 Å². The molecule has 0 spiro atoms. The Morgan fingerprint density at radius 2 is 2.30 bits per heavy atom. The molecule has 20 heavy (non-hydrogen) atoms. The Hall–Kier alpha value is -2.15. The van der Waals surface area contributed by atoms with Crippen molar-refractivity contribution in [1.82, 2.24) is 0 Å². The number of benzene rings is 1. The monoisotopic (exact) mass is 280 g/mol.